The SMILES string of the molecule is CCCCOc1ccccc1N[C@@H](C)C(=O)O. The fourth-order valence-corrected chi connectivity index (χ4v) is 1.33. The van der Waals surface area contributed by atoms with Gasteiger partial charge in [-0.1, -0.05) is 25.5 Å². The van der Waals surface area contributed by atoms with Crippen LogP contribution in [0.2, 0.25) is 0 Å². The van der Waals surface area contributed by atoms with Crippen LogP contribution in [0.4, 0.5) is 5.69 Å². The molecule has 1 aromatic carbocycles. The minimum Gasteiger partial charge on any atom is -0.491 e. The number of benzene rings is 1. The zero-order valence-electron chi connectivity index (χ0n) is 10.3. The van der Waals surface area contributed by atoms with Crippen molar-refractivity contribution in [3.05, 3.63) is 24.3 Å². The van der Waals surface area contributed by atoms with Crippen molar-refractivity contribution < 1.29 is 14.6 Å². The maximum Gasteiger partial charge on any atom is 0.325 e. The Kier molecular flexibility index (Phi) is 5.33. The van der Waals surface area contributed by atoms with Crippen molar-refractivity contribution in [3.63, 3.8) is 0 Å². The van der Waals surface area contributed by atoms with Crippen molar-refractivity contribution in [1.82, 2.24) is 0 Å². The molecule has 0 aliphatic rings. The lowest BCUT2D eigenvalue weighted by atomic mass is 10.2. The predicted octanol–water partition coefficient (Wildman–Crippen LogP) is 2.75. The molecule has 1 rings (SSSR count). The summed E-state index contributed by atoms with van der Waals surface area (Å²) in [5, 5.41) is 11.8. The van der Waals surface area contributed by atoms with Gasteiger partial charge in [0, 0.05) is 0 Å². The zero-order chi connectivity index (χ0) is 12.7. The highest BCUT2D eigenvalue weighted by atomic mass is 16.5. The van der Waals surface area contributed by atoms with E-state index in [9.17, 15) is 4.79 Å². The number of carboxylic acids is 1. The predicted molar refractivity (Wildman–Crippen MR) is 67.6 cm³/mol. The molecule has 1 atom stereocenters. The Labute approximate surface area is 102 Å². The summed E-state index contributed by atoms with van der Waals surface area (Å²) in [4.78, 5) is 10.8. The van der Waals surface area contributed by atoms with Gasteiger partial charge in [0.05, 0.1) is 12.3 Å². The molecule has 0 saturated heterocycles. The number of hydrogen-bond acceptors (Lipinski definition) is 3. The molecule has 0 heterocycles. The number of carboxylic acid groups (broad SMARTS) is 1. The highest BCUT2D eigenvalue weighted by Gasteiger charge is 2.12. The van der Waals surface area contributed by atoms with Crippen molar-refractivity contribution in [2.75, 3.05) is 11.9 Å². The smallest absolute Gasteiger partial charge is 0.325 e. The van der Waals surface area contributed by atoms with Gasteiger partial charge in [-0.25, -0.2) is 0 Å². The second-order valence-electron chi connectivity index (χ2n) is 3.90. The molecule has 0 aromatic heterocycles. The van der Waals surface area contributed by atoms with Gasteiger partial charge in [-0.05, 0) is 25.5 Å². The van der Waals surface area contributed by atoms with Crippen molar-refractivity contribution in [1.29, 1.82) is 0 Å². The van der Waals surface area contributed by atoms with Gasteiger partial charge in [-0.15, -0.1) is 0 Å². The molecule has 0 amide bonds. The average molecular weight is 237 g/mol. The number of rotatable bonds is 7. The van der Waals surface area contributed by atoms with E-state index in [0.717, 1.165) is 18.5 Å². The zero-order valence-corrected chi connectivity index (χ0v) is 10.3. The number of anilines is 1. The molecule has 1 aromatic rings. The third-order valence-electron chi connectivity index (χ3n) is 2.38. The van der Waals surface area contributed by atoms with Crippen LogP contribution in [0.15, 0.2) is 24.3 Å². The first-order valence-electron chi connectivity index (χ1n) is 5.86. The first kappa shape index (κ1) is 13.4. The summed E-state index contributed by atoms with van der Waals surface area (Å²) in [5.41, 5.74) is 0.721. The molecule has 2 N–H and O–H groups in total. The second kappa shape index (κ2) is 6.78. The van der Waals surface area contributed by atoms with Crippen molar-refractivity contribution in [3.8, 4) is 5.75 Å². The summed E-state index contributed by atoms with van der Waals surface area (Å²) in [6.45, 7) is 4.35. The molecule has 17 heavy (non-hydrogen) atoms. The van der Waals surface area contributed by atoms with Crippen LogP contribution in [0.1, 0.15) is 26.7 Å². The Morgan fingerprint density at radius 2 is 2.18 bits per heavy atom. The van der Waals surface area contributed by atoms with Crippen LogP contribution in [-0.4, -0.2) is 23.7 Å². The van der Waals surface area contributed by atoms with Gasteiger partial charge in [0.1, 0.15) is 11.8 Å². The standard InChI is InChI=1S/C13H19NO3/c1-3-4-9-17-12-8-6-5-7-11(12)14-10(2)13(15)16/h5-8,10,14H,3-4,9H2,1-2H3,(H,15,16)/t10-/m0/s1. The van der Waals surface area contributed by atoms with E-state index >= 15 is 0 Å². The van der Waals surface area contributed by atoms with E-state index in [1.54, 1.807) is 6.92 Å². The second-order valence-corrected chi connectivity index (χ2v) is 3.90. The van der Waals surface area contributed by atoms with Gasteiger partial charge < -0.3 is 15.2 Å². The van der Waals surface area contributed by atoms with Crippen LogP contribution in [0.3, 0.4) is 0 Å². The molecule has 0 saturated carbocycles. The maximum atomic E-state index is 10.8. The van der Waals surface area contributed by atoms with Gasteiger partial charge in [0.15, 0.2) is 0 Å². The first-order valence-corrected chi connectivity index (χ1v) is 5.86. The Bertz CT molecular complexity index is 365. The van der Waals surface area contributed by atoms with E-state index in [0.29, 0.717) is 12.4 Å². The normalized spacial score (nSPS) is 11.9. The molecule has 94 valence electrons. The summed E-state index contributed by atoms with van der Waals surface area (Å²) in [7, 11) is 0. The van der Waals surface area contributed by atoms with Crippen LogP contribution in [0.25, 0.3) is 0 Å². The van der Waals surface area contributed by atoms with Crippen LogP contribution in [0.5, 0.6) is 5.75 Å². The summed E-state index contributed by atoms with van der Waals surface area (Å²) in [5.74, 6) is -0.178. The van der Waals surface area contributed by atoms with Gasteiger partial charge in [0.2, 0.25) is 0 Å². The van der Waals surface area contributed by atoms with Crippen LogP contribution in [-0.2, 0) is 4.79 Å². The van der Waals surface area contributed by atoms with Gasteiger partial charge >= 0.3 is 5.97 Å². The topological polar surface area (TPSA) is 58.6 Å². The van der Waals surface area contributed by atoms with E-state index < -0.39 is 12.0 Å². The van der Waals surface area contributed by atoms with Gasteiger partial charge in [-0.2, -0.15) is 0 Å². The number of hydrogen-bond donors (Lipinski definition) is 2. The number of carbonyl (C=O) groups is 1. The lowest BCUT2D eigenvalue weighted by molar-refractivity contribution is -0.137. The van der Waals surface area contributed by atoms with E-state index in [2.05, 4.69) is 12.2 Å². The quantitative estimate of drug-likeness (QED) is 0.716. The number of unbranched alkanes of at least 4 members (excludes halogenated alkanes) is 1. The molecule has 0 unspecified atom stereocenters. The van der Waals surface area contributed by atoms with Crippen LogP contribution in [0, 0.1) is 0 Å². The highest BCUT2D eigenvalue weighted by molar-refractivity contribution is 5.77. The van der Waals surface area contributed by atoms with Crippen molar-refractivity contribution in [2.45, 2.75) is 32.7 Å². The monoisotopic (exact) mass is 237 g/mol. The Morgan fingerprint density at radius 3 is 2.82 bits per heavy atom. The number of ether oxygens (including phenoxy) is 1. The van der Waals surface area contributed by atoms with E-state index in [4.69, 9.17) is 9.84 Å². The third kappa shape index (κ3) is 4.34. The molecule has 0 spiro atoms. The molecule has 0 aliphatic carbocycles. The Balaban J connectivity index is 2.66. The number of nitrogens with one attached hydrogen (secondary N) is 1. The van der Waals surface area contributed by atoms with Crippen LogP contribution < -0.4 is 10.1 Å². The molecule has 0 aliphatic heterocycles. The minimum atomic E-state index is -0.881. The van der Waals surface area contributed by atoms with Crippen LogP contribution >= 0.6 is 0 Å². The Morgan fingerprint density at radius 1 is 1.47 bits per heavy atom. The summed E-state index contributed by atoms with van der Waals surface area (Å²) < 4.78 is 5.60. The lowest BCUT2D eigenvalue weighted by Crippen LogP contribution is -2.25. The molecule has 0 radical (unpaired) electrons. The van der Waals surface area contributed by atoms with Crippen molar-refractivity contribution in [2.24, 2.45) is 0 Å². The minimum absolute atomic E-state index is 0.633. The highest BCUT2D eigenvalue weighted by Crippen LogP contribution is 2.24. The van der Waals surface area contributed by atoms with E-state index in [1.807, 2.05) is 24.3 Å². The fourth-order valence-electron chi connectivity index (χ4n) is 1.33. The fraction of sp³-hybridized carbons (Fsp3) is 0.462. The van der Waals surface area contributed by atoms with E-state index in [-0.39, 0.29) is 0 Å². The molecular formula is C13H19NO3. The van der Waals surface area contributed by atoms with E-state index in [1.165, 1.54) is 0 Å². The largest absolute Gasteiger partial charge is 0.491 e. The Hall–Kier alpha value is -1.71. The maximum absolute atomic E-state index is 10.8. The number of aliphatic carboxylic acids is 1. The van der Waals surface area contributed by atoms with Gasteiger partial charge in [-0.3, -0.25) is 4.79 Å². The first-order chi connectivity index (χ1) is 8.15. The number of para-hydroxylation sites is 2. The molecule has 4 heteroatoms. The molecule has 0 fully saturated rings. The molecular weight excluding hydrogens is 218 g/mol. The molecule has 4 nitrogen and oxygen atoms in total. The lowest BCUT2D eigenvalue weighted by Gasteiger charge is -2.15. The summed E-state index contributed by atoms with van der Waals surface area (Å²) >= 11 is 0. The summed E-state index contributed by atoms with van der Waals surface area (Å²) in [6.07, 6.45) is 2.06. The van der Waals surface area contributed by atoms with Gasteiger partial charge in [0.25, 0.3) is 0 Å². The average Bonchev–Trinajstić information content (AvgIpc) is 2.31. The third-order valence-corrected chi connectivity index (χ3v) is 2.38. The summed E-state index contributed by atoms with van der Waals surface area (Å²) in [6, 6.07) is 6.75. The molecule has 0 bridgehead atoms. The van der Waals surface area contributed by atoms with Crippen molar-refractivity contribution >= 4 is 11.7 Å².